The van der Waals surface area contributed by atoms with E-state index in [4.69, 9.17) is 14.2 Å². The van der Waals surface area contributed by atoms with Crippen LogP contribution in [0.4, 0.5) is 0 Å². The van der Waals surface area contributed by atoms with E-state index in [0.717, 1.165) is 32.0 Å². The molecular weight excluding hydrogens is 294 g/mol. The van der Waals surface area contributed by atoms with Crippen molar-refractivity contribution in [3.8, 4) is 11.5 Å². The minimum Gasteiger partial charge on any atom is -0.497 e. The predicted octanol–water partition coefficient (Wildman–Crippen LogP) is 1.77. The number of rotatable bonds is 6. The second-order valence-electron chi connectivity index (χ2n) is 5.46. The van der Waals surface area contributed by atoms with E-state index < -0.39 is 0 Å². The van der Waals surface area contributed by atoms with Crippen molar-refractivity contribution in [1.82, 2.24) is 14.9 Å². The Morgan fingerprint density at radius 1 is 1.17 bits per heavy atom. The Labute approximate surface area is 136 Å². The van der Waals surface area contributed by atoms with Crippen molar-refractivity contribution in [2.75, 3.05) is 33.4 Å². The maximum absolute atomic E-state index is 5.78. The van der Waals surface area contributed by atoms with Crippen LogP contribution in [0.3, 0.4) is 0 Å². The van der Waals surface area contributed by atoms with Gasteiger partial charge in [-0.05, 0) is 17.7 Å². The lowest BCUT2D eigenvalue weighted by molar-refractivity contribution is -0.0505. The molecule has 0 unspecified atom stereocenters. The second kappa shape index (κ2) is 7.89. The highest BCUT2D eigenvalue weighted by molar-refractivity contribution is 5.27. The fraction of sp³-hybridized carbons (Fsp3) is 0.412. The number of aromatic nitrogens is 2. The first-order valence-corrected chi connectivity index (χ1v) is 7.68. The van der Waals surface area contributed by atoms with E-state index in [9.17, 15) is 0 Å². The Bertz CT molecular complexity index is 592. The summed E-state index contributed by atoms with van der Waals surface area (Å²) >= 11 is 0. The average Bonchev–Trinajstić information content (AvgIpc) is 2.62. The van der Waals surface area contributed by atoms with Crippen molar-refractivity contribution >= 4 is 0 Å². The van der Waals surface area contributed by atoms with Crippen LogP contribution in [0, 0.1) is 0 Å². The fourth-order valence-corrected chi connectivity index (χ4v) is 2.56. The topological polar surface area (TPSA) is 56.7 Å². The summed E-state index contributed by atoms with van der Waals surface area (Å²) in [5.41, 5.74) is 1.27. The molecule has 6 nitrogen and oxygen atoms in total. The van der Waals surface area contributed by atoms with Gasteiger partial charge in [-0.25, -0.2) is 9.97 Å². The van der Waals surface area contributed by atoms with Gasteiger partial charge in [0.25, 0.3) is 0 Å². The summed E-state index contributed by atoms with van der Waals surface area (Å²) in [5.74, 6) is 1.55. The van der Waals surface area contributed by atoms with Crippen molar-refractivity contribution in [3.63, 3.8) is 0 Å². The van der Waals surface area contributed by atoms with E-state index in [2.05, 4.69) is 27.0 Å². The van der Waals surface area contributed by atoms with Crippen molar-refractivity contribution < 1.29 is 14.2 Å². The number of methoxy groups -OCH3 is 1. The molecule has 2 aromatic rings. The molecule has 2 heterocycles. The van der Waals surface area contributed by atoms with Gasteiger partial charge in [0, 0.05) is 19.6 Å². The summed E-state index contributed by atoms with van der Waals surface area (Å²) in [7, 11) is 1.68. The first-order valence-electron chi connectivity index (χ1n) is 7.68. The van der Waals surface area contributed by atoms with E-state index in [0.29, 0.717) is 12.4 Å². The summed E-state index contributed by atoms with van der Waals surface area (Å²) in [6.07, 6.45) is 4.86. The summed E-state index contributed by atoms with van der Waals surface area (Å²) in [5, 5.41) is 0. The molecule has 1 aliphatic heterocycles. The molecule has 1 saturated heterocycles. The quantitative estimate of drug-likeness (QED) is 0.810. The second-order valence-corrected chi connectivity index (χ2v) is 5.46. The monoisotopic (exact) mass is 315 g/mol. The van der Waals surface area contributed by atoms with Crippen LogP contribution in [-0.2, 0) is 11.3 Å². The van der Waals surface area contributed by atoms with Gasteiger partial charge in [0.1, 0.15) is 24.8 Å². The van der Waals surface area contributed by atoms with Crippen LogP contribution in [-0.4, -0.2) is 54.4 Å². The molecule has 122 valence electrons. The smallest absolute Gasteiger partial charge is 0.156 e. The van der Waals surface area contributed by atoms with E-state index in [-0.39, 0.29) is 6.10 Å². The molecule has 0 bridgehead atoms. The summed E-state index contributed by atoms with van der Waals surface area (Å²) in [6, 6.07) is 8.18. The number of morpholine rings is 1. The molecule has 3 rings (SSSR count). The fourth-order valence-electron chi connectivity index (χ4n) is 2.56. The van der Waals surface area contributed by atoms with Gasteiger partial charge in [-0.2, -0.15) is 0 Å². The number of benzene rings is 1. The Kier molecular flexibility index (Phi) is 5.39. The molecular formula is C17H21N3O3. The number of nitrogens with zero attached hydrogens (tertiary/aromatic N) is 3. The molecule has 1 aromatic carbocycles. The maximum Gasteiger partial charge on any atom is 0.156 e. The molecule has 0 aliphatic carbocycles. The van der Waals surface area contributed by atoms with Crippen LogP contribution in [0.5, 0.6) is 11.5 Å². The third-order valence-corrected chi connectivity index (χ3v) is 3.76. The van der Waals surface area contributed by atoms with Crippen LogP contribution >= 0.6 is 0 Å². The first kappa shape index (κ1) is 15.7. The van der Waals surface area contributed by atoms with Crippen LogP contribution < -0.4 is 9.47 Å². The largest absolute Gasteiger partial charge is 0.497 e. The molecule has 1 fully saturated rings. The van der Waals surface area contributed by atoms with Gasteiger partial charge in [-0.15, -0.1) is 0 Å². The van der Waals surface area contributed by atoms with E-state index >= 15 is 0 Å². The van der Waals surface area contributed by atoms with Crippen molar-refractivity contribution in [1.29, 1.82) is 0 Å². The Hall–Kier alpha value is -2.18. The summed E-state index contributed by atoms with van der Waals surface area (Å²) in [4.78, 5) is 10.2. The number of ether oxygens (including phenoxy) is 3. The maximum atomic E-state index is 5.78. The minimum absolute atomic E-state index is 0.0576. The zero-order valence-corrected chi connectivity index (χ0v) is 13.2. The van der Waals surface area contributed by atoms with Crippen molar-refractivity contribution in [3.05, 3.63) is 48.5 Å². The third-order valence-electron chi connectivity index (χ3n) is 3.76. The molecule has 0 saturated carbocycles. The van der Waals surface area contributed by atoms with Gasteiger partial charge in [-0.3, -0.25) is 4.90 Å². The highest BCUT2D eigenvalue weighted by Crippen LogP contribution is 2.15. The number of hydrogen-bond donors (Lipinski definition) is 0. The lowest BCUT2D eigenvalue weighted by Crippen LogP contribution is -2.44. The van der Waals surface area contributed by atoms with Gasteiger partial charge in [0.15, 0.2) is 5.75 Å². The van der Waals surface area contributed by atoms with Gasteiger partial charge >= 0.3 is 0 Å². The molecule has 0 amide bonds. The lowest BCUT2D eigenvalue weighted by atomic mass is 10.2. The summed E-state index contributed by atoms with van der Waals surface area (Å²) < 4.78 is 16.6. The molecule has 1 aliphatic rings. The predicted molar refractivity (Wildman–Crippen MR) is 85.5 cm³/mol. The molecule has 6 heteroatoms. The third kappa shape index (κ3) is 4.64. The van der Waals surface area contributed by atoms with Gasteiger partial charge in [-0.1, -0.05) is 12.1 Å². The zero-order valence-electron chi connectivity index (χ0n) is 13.2. The average molecular weight is 315 g/mol. The SMILES string of the molecule is COc1ccc(CN2CCO[C@H](COc3cncnc3)C2)cc1. The molecule has 0 spiro atoms. The molecule has 1 atom stereocenters. The van der Waals surface area contributed by atoms with E-state index in [1.54, 1.807) is 19.5 Å². The molecule has 1 aromatic heterocycles. The Balaban J connectivity index is 1.49. The van der Waals surface area contributed by atoms with Crippen molar-refractivity contribution in [2.24, 2.45) is 0 Å². The van der Waals surface area contributed by atoms with Gasteiger partial charge in [0.2, 0.25) is 0 Å². The Morgan fingerprint density at radius 2 is 1.96 bits per heavy atom. The highest BCUT2D eigenvalue weighted by atomic mass is 16.5. The molecule has 0 N–H and O–H groups in total. The van der Waals surface area contributed by atoms with Crippen LogP contribution in [0.2, 0.25) is 0 Å². The standard InChI is InChI=1S/C17H21N3O3/c1-21-15-4-2-14(3-5-15)10-20-6-7-22-17(11-20)12-23-16-8-18-13-19-9-16/h2-5,8-9,13,17H,6-7,10-12H2,1H3/t17-/m0/s1. The number of hydrogen-bond acceptors (Lipinski definition) is 6. The van der Waals surface area contributed by atoms with Gasteiger partial charge in [0.05, 0.1) is 26.1 Å². The van der Waals surface area contributed by atoms with E-state index in [1.165, 1.54) is 11.9 Å². The Morgan fingerprint density at radius 3 is 2.70 bits per heavy atom. The minimum atomic E-state index is 0.0576. The van der Waals surface area contributed by atoms with E-state index in [1.807, 2.05) is 12.1 Å². The van der Waals surface area contributed by atoms with Crippen LogP contribution in [0.1, 0.15) is 5.56 Å². The normalized spacial score (nSPS) is 18.6. The lowest BCUT2D eigenvalue weighted by Gasteiger charge is -2.32. The van der Waals surface area contributed by atoms with Gasteiger partial charge < -0.3 is 14.2 Å². The summed E-state index contributed by atoms with van der Waals surface area (Å²) in [6.45, 7) is 3.90. The van der Waals surface area contributed by atoms with Crippen LogP contribution in [0.25, 0.3) is 0 Å². The van der Waals surface area contributed by atoms with Crippen molar-refractivity contribution in [2.45, 2.75) is 12.6 Å². The zero-order chi connectivity index (χ0) is 15.9. The molecule has 23 heavy (non-hydrogen) atoms. The first-order chi connectivity index (χ1) is 11.3. The molecule has 0 radical (unpaired) electrons. The van der Waals surface area contributed by atoms with Crippen LogP contribution in [0.15, 0.2) is 43.0 Å². The highest BCUT2D eigenvalue weighted by Gasteiger charge is 2.21.